The number of carbonyl (C=O) groups is 1. The summed E-state index contributed by atoms with van der Waals surface area (Å²) in [4.78, 5) is 12.2. The van der Waals surface area contributed by atoms with Crippen molar-refractivity contribution in [1.82, 2.24) is 10.7 Å². The first-order valence-electron chi connectivity index (χ1n) is 9.45. The third-order valence-corrected chi connectivity index (χ3v) is 4.69. The minimum Gasteiger partial charge on any atom is -0.490 e. The van der Waals surface area contributed by atoms with Crippen LogP contribution in [-0.2, 0) is 4.79 Å². The summed E-state index contributed by atoms with van der Waals surface area (Å²) in [5.41, 5.74) is 5.34. The van der Waals surface area contributed by atoms with Gasteiger partial charge in [0.05, 0.1) is 12.8 Å². The molecule has 9 heteroatoms. The van der Waals surface area contributed by atoms with Gasteiger partial charge in [0.2, 0.25) is 0 Å². The van der Waals surface area contributed by atoms with Gasteiger partial charge in [-0.1, -0.05) is 17.7 Å². The molecule has 160 valence electrons. The van der Waals surface area contributed by atoms with Crippen LogP contribution < -0.4 is 25.5 Å². The van der Waals surface area contributed by atoms with Gasteiger partial charge in [-0.3, -0.25) is 10.2 Å². The van der Waals surface area contributed by atoms with E-state index < -0.39 is 0 Å². The van der Waals surface area contributed by atoms with Crippen LogP contribution in [-0.4, -0.2) is 37.0 Å². The second kappa shape index (κ2) is 12.1. The third-order valence-electron chi connectivity index (χ3n) is 3.76. The van der Waals surface area contributed by atoms with E-state index in [1.54, 1.807) is 18.3 Å². The number of hydrazone groups is 1. The van der Waals surface area contributed by atoms with Crippen molar-refractivity contribution in [3.8, 4) is 11.5 Å². The Morgan fingerprint density at radius 3 is 2.53 bits per heavy atom. The summed E-state index contributed by atoms with van der Waals surface area (Å²) in [6, 6.07) is 11.1. The van der Waals surface area contributed by atoms with Gasteiger partial charge in [0.1, 0.15) is 0 Å². The summed E-state index contributed by atoms with van der Waals surface area (Å²) in [7, 11) is 0. The summed E-state index contributed by atoms with van der Waals surface area (Å²) in [6.45, 7) is 6.83. The van der Waals surface area contributed by atoms with E-state index in [-0.39, 0.29) is 12.5 Å². The topological polar surface area (TPSA) is 84.0 Å². The molecule has 3 N–H and O–H groups in total. The fourth-order valence-electron chi connectivity index (χ4n) is 2.37. The first-order chi connectivity index (χ1) is 14.4. The number of carbonyl (C=O) groups excluding carboxylic acids is 1. The van der Waals surface area contributed by atoms with Crippen LogP contribution in [0.15, 0.2) is 46.0 Å². The van der Waals surface area contributed by atoms with Crippen LogP contribution in [0.1, 0.15) is 25.0 Å². The number of nitrogens with zero attached hydrogens (tertiary/aromatic N) is 1. The summed E-state index contributed by atoms with van der Waals surface area (Å²) >= 11 is 8.57. The van der Waals surface area contributed by atoms with Gasteiger partial charge in [-0.15, -0.1) is 0 Å². The fourth-order valence-corrected chi connectivity index (χ4v) is 2.99. The van der Waals surface area contributed by atoms with Crippen molar-refractivity contribution in [3.63, 3.8) is 0 Å². The Balaban J connectivity index is 2.04. The number of ether oxygens (including phenoxy) is 2. The Hall–Kier alpha value is -2.65. The van der Waals surface area contributed by atoms with E-state index >= 15 is 0 Å². The molecule has 0 unspecified atom stereocenters. The lowest BCUT2D eigenvalue weighted by Gasteiger charge is -2.14. The number of hydrogen-bond acceptors (Lipinski definition) is 5. The average molecular weight is 493 g/mol. The van der Waals surface area contributed by atoms with E-state index in [4.69, 9.17) is 21.7 Å². The molecule has 0 spiro atoms. The van der Waals surface area contributed by atoms with E-state index in [1.807, 2.05) is 45.0 Å². The summed E-state index contributed by atoms with van der Waals surface area (Å²) in [5, 5.41) is 10.3. The van der Waals surface area contributed by atoms with Crippen LogP contribution >= 0.6 is 28.1 Å². The molecule has 0 radical (unpaired) electrons. The molecular weight excluding hydrogens is 468 g/mol. The molecule has 2 rings (SSSR count). The molecule has 1 amide bonds. The Kier molecular flexibility index (Phi) is 9.56. The fraction of sp³-hybridized carbons (Fsp3) is 0.286. The molecule has 2 aromatic rings. The van der Waals surface area contributed by atoms with Gasteiger partial charge in [0.25, 0.3) is 5.91 Å². The predicted octanol–water partition coefficient (Wildman–Crippen LogP) is 3.99. The number of anilines is 1. The van der Waals surface area contributed by atoms with E-state index in [2.05, 4.69) is 37.1 Å². The Labute approximate surface area is 190 Å². The smallest absolute Gasteiger partial charge is 0.262 e. The quantitative estimate of drug-likeness (QED) is 0.278. The zero-order chi connectivity index (χ0) is 21.9. The van der Waals surface area contributed by atoms with Crippen LogP contribution in [0.25, 0.3) is 0 Å². The van der Waals surface area contributed by atoms with Crippen LogP contribution in [0.4, 0.5) is 5.69 Å². The standard InChI is InChI=1S/C21H25BrN4O3S/c1-4-23-21(30)26-24-12-15-10-18(28-5-2)19(11-17(15)22)29-13-20(27)25-16-8-6-14(3)7-9-16/h6-12H,4-5,13H2,1-3H3,(H,25,27)(H2,23,26,30)/b24-12-. The van der Waals surface area contributed by atoms with Gasteiger partial charge in [-0.2, -0.15) is 5.10 Å². The highest BCUT2D eigenvalue weighted by Crippen LogP contribution is 2.33. The maximum Gasteiger partial charge on any atom is 0.262 e. The van der Waals surface area contributed by atoms with Gasteiger partial charge in [-0.05, 0) is 73.2 Å². The number of rotatable bonds is 9. The number of thiocarbonyl (C=S) groups is 1. The molecule has 0 aromatic heterocycles. The van der Waals surface area contributed by atoms with Gasteiger partial charge in [-0.25, -0.2) is 0 Å². The summed E-state index contributed by atoms with van der Waals surface area (Å²) < 4.78 is 12.1. The molecule has 7 nitrogen and oxygen atoms in total. The molecule has 0 fully saturated rings. The van der Waals surface area contributed by atoms with Gasteiger partial charge in [0, 0.05) is 22.3 Å². The minimum absolute atomic E-state index is 0.146. The van der Waals surface area contributed by atoms with Crippen LogP contribution in [0.3, 0.4) is 0 Å². The Morgan fingerprint density at radius 2 is 1.87 bits per heavy atom. The SMILES string of the molecule is CCNC(=S)N/N=C\c1cc(OCC)c(OCC(=O)Nc2ccc(C)cc2)cc1Br. The maximum atomic E-state index is 12.2. The monoisotopic (exact) mass is 492 g/mol. The van der Waals surface area contributed by atoms with Crippen molar-refractivity contribution in [1.29, 1.82) is 0 Å². The number of benzene rings is 2. The molecule has 0 heterocycles. The Bertz CT molecular complexity index is 904. The average Bonchev–Trinajstić information content (AvgIpc) is 2.71. The first-order valence-corrected chi connectivity index (χ1v) is 10.7. The van der Waals surface area contributed by atoms with Crippen LogP contribution in [0, 0.1) is 6.92 Å². The van der Waals surface area contributed by atoms with E-state index in [0.29, 0.717) is 29.8 Å². The zero-order valence-corrected chi connectivity index (χ0v) is 19.5. The van der Waals surface area contributed by atoms with Crippen LogP contribution in [0.5, 0.6) is 11.5 Å². The second-order valence-electron chi connectivity index (χ2n) is 6.19. The van der Waals surface area contributed by atoms with Crippen molar-refractivity contribution < 1.29 is 14.3 Å². The van der Waals surface area contributed by atoms with E-state index in [1.165, 1.54) is 0 Å². The highest BCUT2D eigenvalue weighted by atomic mass is 79.9. The molecule has 0 saturated heterocycles. The number of hydrogen-bond donors (Lipinski definition) is 3. The zero-order valence-electron chi connectivity index (χ0n) is 17.1. The number of halogens is 1. The lowest BCUT2D eigenvalue weighted by atomic mass is 10.2. The van der Waals surface area contributed by atoms with Crippen molar-refractivity contribution in [2.24, 2.45) is 5.10 Å². The molecule has 0 aliphatic carbocycles. The van der Waals surface area contributed by atoms with Crippen molar-refractivity contribution in [2.45, 2.75) is 20.8 Å². The largest absolute Gasteiger partial charge is 0.490 e. The van der Waals surface area contributed by atoms with Crippen molar-refractivity contribution in [3.05, 3.63) is 52.0 Å². The Morgan fingerprint density at radius 1 is 1.17 bits per heavy atom. The van der Waals surface area contributed by atoms with E-state index in [0.717, 1.165) is 21.3 Å². The second-order valence-corrected chi connectivity index (χ2v) is 7.45. The molecular formula is C21H25BrN4O3S. The molecule has 0 saturated carbocycles. The van der Waals surface area contributed by atoms with E-state index in [9.17, 15) is 4.79 Å². The minimum atomic E-state index is -0.260. The van der Waals surface area contributed by atoms with Crippen LogP contribution in [0.2, 0.25) is 0 Å². The molecule has 0 atom stereocenters. The first kappa shape index (κ1) is 23.6. The molecule has 30 heavy (non-hydrogen) atoms. The highest BCUT2D eigenvalue weighted by molar-refractivity contribution is 9.10. The molecule has 0 aliphatic rings. The normalized spacial score (nSPS) is 10.5. The summed E-state index contributed by atoms with van der Waals surface area (Å²) in [6.07, 6.45) is 1.62. The molecule has 0 bridgehead atoms. The van der Waals surface area contributed by atoms with Crippen molar-refractivity contribution in [2.75, 3.05) is 25.1 Å². The lowest BCUT2D eigenvalue weighted by Crippen LogP contribution is -2.31. The van der Waals surface area contributed by atoms with Gasteiger partial charge >= 0.3 is 0 Å². The van der Waals surface area contributed by atoms with Gasteiger partial charge in [0.15, 0.2) is 23.2 Å². The lowest BCUT2D eigenvalue weighted by molar-refractivity contribution is -0.118. The van der Waals surface area contributed by atoms with Crippen molar-refractivity contribution >= 4 is 51.1 Å². The third kappa shape index (κ3) is 7.64. The molecule has 2 aromatic carbocycles. The summed E-state index contributed by atoms with van der Waals surface area (Å²) in [5.74, 6) is 0.708. The maximum absolute atomic E-state index is 12.2. The number of aryl methyl sites for hydroxylation is 1. The number of nitrogens with one attached hydrogen (secondary N) is 3. The highest BCUT2D eigenvalue weighted by Gasteiger charge is 2.12. The van der Waals surface area contributed by atoms with Gasteiger partial charge < -0.3 is 20.1 Å². The molecule has 0 aliphatic heterocycles. The number of amides is 1. The predicted molar refractivity (Wildman–Crippen MR) is 128 cm³/mol.